The van der Waals surface area contributed by atoms with Crippen molar-refractivity contribution in [3.8, 4) is 0 Å². The lowest BCUT2D eigenvalue weighted by atomic mass is 9.68. The first-order valence-electron chi connectivity index (χ1n) is 4.59. The van der Waals surface area contributed by atoms with Gasteiger partial charge in [-0.25, -0.2) is 4.79 Å². The van der Waals surface area contributed by atoms with E-state index in [2.05, 4.69) is 12.6 Å². The number of ketones is 1. The minimum Gasteiger partial charge on any atom is -0.481 e. The fourth-order valence-corrected chi connectivity index (χ4v) is 2.18. The van der Waals surface area contributed by atoms with Crippen LogP contribution in [-0.4, -0.2) is 55.5 Å². The molecule has 0 aliphatic rings. The van der Waals surface area contributed by atoms with Crippen LogP contribution in [0.2, 0.25) is 0 Å². The third kappa shape index (κ3) is 2.31. The van der Waals surface area contributed by atoms with Gasteiger partial charge in [0.2, 0.25) is 0 Å². The molecule has 0 aliphatic heterocycles. The first-order chi connectivity index (χ1) is 8.06. The fraction of sp³-hybridized carbons (Fsp3) is 0.556. The largest absolute Gasteiger partial charge is 0.481 e. The van der Waals surface area contributed by atoms with Gasteiger partial charge in [0.1, 0.15) is 0 Å². The van der Waals surface area contributed by atoms with Crippen molar-refractivity contribution in [2.24, 2.45) is 5.41 Å². The van der Waals surface area contributed by atoms with Crippen LogP contribution < -0.4 is 0 Å². The predicted molar refractivity (Wildman–Crippen MR) is 59.4 cm³/mol. The highest BCUT2D eigenvalue weighted by atomic mass is 32.1. The average Bonchev–Trinajstić information content (AvgIpc) is 2.16. The first-order valence-corrected chi connectivity index (χ1v) is 5.22. The molecule has 9 heteroatoms. The van der Waals surface area contributed by atoms with E-state index in [9.17, 15) is 24.3 Å². The molecule has 0 aromatic carbocycles. The summed E-state index contributed by atoms with van der Waals surface area (Å²) in [6.45, 7) is 0.750. The molecule has 4 N–H and O–H groups in total. The van der Waals surface area contributed by atoms with Crippen molar-refractivity contribution in [3.05, 3.63) is 0 Å². The zero-order valence-corrected chi connectivity index (χ0v) is 10.2. The molecule has 0 aromatic rings. The summed E-state index contributed by atoms with van der Waals surface area (Å²) in [6, 6.07) is 0. The van der Waals surface area contributed by atoms with E-state index in [0.717, 1.165) is 6.92 Å². The first kappa shape index (κ1) is 16.4. The molecule has 0 saturated heterocycles. The SMILES string of the molecule is CC(=O)C(CS)(C(=O)O)C(O)(CC(=O)O)C(=O)O. The quantitative estimate of drug-likeness (QED) is 0.290. The minimum atomic E-state index is -3.28. The number of rotatable bonds is 7. The fourth-order valence-electron chi connectivity index (χ4n) is 1.56. The molecule has 2 atom stereocenters. The third-order valence-corrected chi connectivity index (χ3v) is 3.14. The zero-order chi connectivity index (χ0) is 14.7. The lowest BCUT2D eigenvalue weighted by molar-refractivity contribution is -0.191. The Labute approximate surface area is 107 Å². The van der Waals surface area contributed by atoms with Crippen LogP contribution in [0.5, 0.6) is 0 Å². The summed E-state index contributed by atoms with van der Waals surface area (Å²) in [5.74, 6) is -7.87. The molecule has 102 valence electrons. The van der Waals surface area contributed by atoms with E-state index in [1.807, 2.05) is 0 Å². The maximum atomic E-state index is 11.4. The molecule has 2 unspecified atom stereocenters. The molecule has 0 rings (SSSR count). The Bertz CT molecular complexity index is 389. The highest BCUT2D eigenvalue weighted by Gasteiger charge is 2.64. The summed E-state index contributed by atoms with van der Waals surface area (Å²) < 4.78 is 0. The summed E-state index contributed by atoms with van der Waals surface area (Å²) in [5, 5.41) is 36.3. The van der Waals surface area contributed by atoms with E-state index in [0.29, 0.717) is 0 Å². The molecule has 0 spiro atoms. The molecule has 0 heterocycles. The summed E-state index contributed by atoms with van der Waals surface area (Å²) in [5.41, 5.74) is -6.11. The molecule has 8 nitrogen and oxygen atoms in total. The normalized spacial score (nSPS) is 17.3. The Morgan fingerprint density at radius 2 is 1.50 bits per heavy atom. The van der Waals surface area contributed by atoms with Crippen LogP contribution in [0.25, 0.3) is 0 Å². The van der Waals surface area contributed by atoms with Crippen LogP contribution in [0, 0.1) is 5.41 Å². The van der Waals surface area contributed by atoms with E-state index in [1.165, 1.54) is 0 Å². The summed E-state index contributed by atoms with van der Waals surface area (Å²) in [6.07, 6.45) is -1.44. The zero-order valence-electron chi connectivity index (χ0n) is 9.28. The highest BCUT2D eigenvalue weighted by Crippen LogP contribution is 2.37. The van der Waals surface area contributed by atoms with Gasteiger partial charge in [0.25, 0.3) is 0 Å². The number of hydrogen-bond acceptors (Lipinski definition) is 6. The number of carboxylic acid groups (broad SMARTS) is 3. The number of carbonyl (C=O) groups excluding carboxylic acids is 1. The summed E-state index contributed by atoms with van der Waals surface area (Å²) in [7, 11) is 0. The smallest absolute Gasteiger partial charge is 0.338 e. The third-order valence-electron chi connectivity index (χ3n) is 2.67. The van der Waals surface area contributed by atoms with Gasteiger partial charge in [-0.3, -0.25) is 14.4 Å². The van der Waals surface area contributed by atoms with E-state index in [1.54, 1.807) is 0 Å². The predicted octanol–water partition coefficient (Wildman–Crippen LogP) is -1.13. The van der Waals surface area contributed by atoms with Gasteiger partial charge in [0.15, 0.2) is 16.8 Å². The Balaban J connectivity index is 6.10. The van der Waals surface area contributed by atoms with Crippen LogP contribution in [-0.2, 0) is 19.2 Å². The second kappa shape index (κ2) is 5.36. The van der Waals surface area contributed by atoms with Crippen molar-refractivity contribution in [2.75, 3.05) is 5.75 Å². The number of hydrogen-bond donors (Lipinski definition) is 5. The number of aliphatic hydroxyl groups is 1. The maximum Gasteiger partial charge on any atom is 0.338 e. The lowest BCUT2D eigenvalue weighted by Gasteiger charge is -2.37. The lowest BCUT2D eigenvalue weighted by Crippen LogP contribution is -2.63. The number of thiol groups is 1. The van der Waals surface area contributed by atoms with Gasteiger partial charge in [-0.15, -0.1) is 0 Å². The van der Waals surface area contributed by atoms with E-state index in [-0.39, 0.29) is 0 Å². The standard InChI is InChI=1S/C9H12O8S/c1-4(10)8(3-18,6(13)14)9(17,7(15)16)2-5(11)12/h17-18H,2-3H2,1H3,(H,11,12)(H,13,14)(H,15,16). The van der Waals surface area contributed by atoms with Gasteiger partial charge in [0.05, 0.1) is 6.42 Å². The molecule has 0 bridgehead atoms. The Kier molecular flexibility index (Phi) is 4.88. The highest BCUT2D eigenvalue weighted by molar-refractivity contribution is 7.80. The molecular weight excluding hydrogens is 268 g/mol. The molecule has 0 saturated carbocycles. The Morgan fingerprint density at radius 1 is 1.06 bits per heavy atom. The van der Waals surface area contributed by atoms with Gasteiger partial charge in [-0.2, -0.15) is 12.6 Å². The van der Waals surface area contributed by atoms with Crippen LogP contribution in [0.3, 0.4) is 0 Å². The number of carbonyl (C=O) groups is 4. The van der Waals surface area contributed by atoms with Crippen molar-refractivity contribution in [2.45, 2.75) is 18.9 Å². The van der Waals surface area contributed by atoms with Gasteiger partial charge in [0, 0.05) is 5.75 Å². The van der Waals surface area contributed by atoms with Crippen molar-refractivity contribution in [1.29, 1.82) is 0 Å². The van der Waals surface area contributed by atoms with Gasteiger partial charge < -0.3 is 20.4 Å². The number of carboxylic acids is 3. The topological polar surface area (TPSA) is 149 Å². The molecule has 0 aliphatic carbocycles. The molecule has 18 heavy (non-hydrogen) atoms. The van der Waals surface area contributed by atoms with Gasteiger partial charge >= 0.3 is 17.9 Å². The summed E-state index contributed by atoms with van der Waals surface area (Å²) in [4.78, 5) is 44.1. The van der Waals surface area contributed by atoms with Crippen LogP contribution in [0.1, 0.15) is 13.3 Å². The molecular formula is C9H12O8S. The van der Waals surface area contributed by atoms with Gasteiger partial charge in [-0.05, 0) is 6.92 Å². The van der Waals surface area contributed by atoms with E-state index >= 15 is 0 Å². The monoisotopic (exact) mass is 280 g/mol. The van der Waals surface area contributed by atoms with Crippen LogP contribution >= 0.6 is 12.6 Å². The molecule has 0 amide bonds. The average molecular weight is 280 g/mol. The van der Waals surface area contributed by atoms with Crippen molar-refractivity contribution in [3.63, 3.8) is 0 Å². The van der Waals surface area contributed by atoms with Crippen LogP contribution in [0.15, 0.2) is 0 Å². The minimum absolute atomic E-state index is 0.750. The molecule has 0 radical (unpaired) electrons. The van der Waals surface area contributed by atoms with Gasteiger partial charge in [-0.1, -0.05) is 0 Å². The van der Waals surface area contributed by atoms with Crippen molar-refractivity contribution in [1.82, 2.24) is 0 Å². The van der Waals surface area contributed by atoms with E-state index < -0.39 is 46.9 Å². The van der Waals surface area contributed by atoms with E-state index in [4.69, 9.17) is 15.3 Å². The Morgan fingerprint density at radius 3 is 1.67 bits per heavy atom. The van der Waals surface area contributed by atoms with Crippen LogP contribution in [0.4, 0.5) is 0 Å². The maximum absolute atomic E-state index is 11.4. The van der Waals surface area contributed by atoms with Crippen molar-refractivity contribution < 1.29 is 39.6 Å². The number of aliphatic carboxylic acids is 3. The number of Topliss-reactive ketones (excluding diaryl/α,β-unsaturated/α-hetero) is 1. The van der Waals surface area contributed by atoms with Crippen molar-refractivity contribution >= 4 is 36.3 Å². The second-order valence-electron chi connectivity index (χ2n) is 3.66. The Hall–Kier alpha value is -1.61. The summed E-state index contributed by atoms with van der Waals surface area (Å²) >= 11 is 3.57. The molecule has 0 aromatic heterocycles. The molecule has 0 fully saturated rings. The second-order valence-corrected chi connectivity index (χ2v) is 3.98.